The van der Waals surface area contributed by atoms with E-state index in [2.05, 4.69) is 16.0 Å². The topological polar surface area (TPSA) is 141 Å². The van der Waals surface area contributed by atoms with E-state index in [0.29, 0.717) is 28.2 Å². The molecular formula is C31H41N3O8. The number of amides is 2. The molecule has 0 unspecified atom stereocenters. The predicted molar refractivity (Wildman–Crippen MR) is 156 cm³/mol. The van der Waals surface area contributed by atoms with E-state index in [4.69, 9.17) is 18.9 Å². The summed E-state index contributed by atoms with van der Waals surface area (Å²) >= 11 is 0. The third-order valence-electron chi connectivity index (χ3n) is 6.77. The number of methoxy groups -OCH3 is 3. The highest BCUT2D eigenvalue weighted by Gasteiger charge is 2.30. The lowest BCUT2D eigenvalue weighted by Gasteiger charge is -2.24. The molecule has 0 aliphatic carbocycles. The Balaban J connectivity index is 2.04. The number of nitrogens with one attached hydrogen (secondary N) is 3. The maximum Gasteiger partial charge on any atom is 0.407 e. The SMILES string of the molecule is COC(=O)[C@@H]1Cc2ccc(OC)c(c2)-c2cc(ccc2OC)[C@H](NCCNC(=O)OC(C)(C)C)C(=O)C[C@@H](C)C(=O)N1. The van der Waals surface area contributed by atoms with E-state index < -0.39 is 41.6 Å². The zero-order valence-electron chi connectivity index (χ0n) is 25.3. The summed E-state index contributed by atoms with van der Waals surface area (Å²) in [6.45, 7) is 7.41. The molecule has 0 aromatic heterocycles. The molecule has 11 heteroatoms. The highest BCUT2D eigenvalue weighted by atomic mass is 16.6. The van der Waals surface area contributed by atoms with Crippen LogP contribution in [0.4, 0.5) is 4.79 Å². The van der Waals surface area contributed by atoms with Gasteiger partial charge in [0.15, 0.2) is 5.78 Å². The lowest BCUT2D eigenvalue weighted by atomic mass is 9.90. The summed E-state index contributed by atoms with van der Waals surface area (Å²) in [5, 5.41) is 8.66. The van der Waals surface area contributed by atoms with Crippen molar-refractivity contribution in [3.63, 3.8) is 0 Å². The minimum Gasteiger partial charge on any atom is -0.496 e. The van der Waals surface area contributed by atoms with Crippen LogP contribution >= 0.6 is 0 Å². The summed E-state index contributed by atoms with van der Waals surface area (Å²) in [7, 11) is 4.37. The van der Waals surface area contributed by atoms with Crippen molar-refractivity contribution in [3.8, 4) is 22.6 Å². The fourth-order valence-corrected chi connectivity index (χ4v) is 4.72. The van der Waals surface area contributed by atoms with E-state index in [0.717, 1.165) is 5.56 Å². The number of ketones is 1. The molecule has 2 aromatic carbocycles. The number of fused-ring (bicyclic) bond motifs is 5. The zero-order chi connectivity index (χ0) is 31.0. The minimum atomic E-state index is -0.953. The molecule has 3 N–H and O–H groups in total. The van der Waals surface area contributed by atoms with Gasteiger partial charge in [-0.05, 0) is 56.2 Å². The molecule has 0 saturated heterocycles. The lowest BCUT2D eigenvalue weighted by Crippen LogP contribution is -2.46. The van der Waals surface area contributed by atoms with Crippen molar-refractivity contribution < 1.29 is 38.1 Å². The number of Topliss-reactive ketones (excluding diaryl/α,β-unsaturated/α-hetero) is 1. The smallest absolute Gasteiger partial charge is 0.407 e. The number of ether oxygens (including phenoxy) is 4. The van der Waals surface area contributed by atoms with Gasteiger partial charge < -0.3 is 34.9 Å². The summed E-state index contributed by atoms with van der Waals surface area (Å²) in [5.74, 6) is -0.871. The molecule has 4 bridgehead atoms. The summed E-state index contributed by atoms with van der Waals surface area (Å²) in [6.07, 6.45) is -0.481. The van der Waals surface area contributed by atoms with E-state index in [-0.39, 0.29) is 31.7 Å². The number of esters is 1. The van der Waals surface area contributed by atoms with Crippen molar-refractivity contribution in [3.05, 3.63) is 47.5 Å². The fraction of sp³-hybridized carbons (Fsp3) is 0.484. The molecule has 228 valence electrons. The van der Waals surface area contributed by atoms with Crippen LogP contribution in [0.15, 0.2) is 36.4 Å². The number of carbonyl (C=O) groups is 4. The molecule has 1 aliphatic rings. The quantitative estimate of drug-likeness (QED) is 0.331. The Bertz CT molecular complexity index is 1300. The number of rotatable bonds is 7. The highest BCUT2D eigenvalue weighted by Crippen LogP contribution is 2.39. The Morgan fingerprint density at radius 2 is 1.57 bits per heavy atom. The van der Waals surface area contributed by atoms with Crippen LogP contribution in [-0.4, -0.2) is 69.8 Å². The van der Waals surface area contributed by atoms with Crippen molar-refractivity contribution in [2.75, 3.05) is 34.4 Å². The molecule has 0 radical (unpaired) electrons. The first-order valence-electron chi connectivity index (χ1n) is 13.8. The van der Waals surface area contributed by atoms with Crippen LogP contribution in [0.2, 0.25) is 0 Å². The van der Waals surface area contributed by atoms with Gasteiger partial charge in [0.25, 0.3) is 0 Å². The van der Waals surface area contributed by atoms with Gasteiger partial charge in [-0.15, -0.1) is 0 Å². The molecule has 11 nitrogen and oxygen atoms in total. The summed E-state index contributed by atoms with van der Waals surface area (Å²) in [6, 6.07) is 9.13. The van der Waals surface area contributed by atoms with Crippen LogP contribution in [0.5, 0.6) is 11.5 Å². The van der Waals surface area contributed by atoms with E-state index in [1.54, 1.807) is 60.1 Å². The van der Waals surface area contributed by atoms with Crippen molar-refractivity contribution in [2.24, 2.45) is 5.92 Å². The second-order valence-corrected chi connectivity index (χ2v) is 11.2. The maximum absolute atomic E-state index is 13.7. The van der Waals surface area contributed by atoms with Gasteiger partial charge in [-0.3, -0.25) is 9.59 Å². The van der Waals surface area contributed by atoms with Crippen LogP contribution in [0.3, 0.4) is 0 Å². The van der Waals surface area contributed by atoms with Crippen LogP contribution in [0.1, 0.15) is 51.3 Å². The van der Waals surface area contributed by atoms with Gasteiger partial charge in [0.2, 0.25) is 5.91 Å². The predicted octanol–water partition coefficient (Wildman–Crippen LogP) is 3.34. The normalized spacial score (nSPS) is 19.2. The summed E-state index contributed by atoms with van der Waals surface area (Å²) in [5.41, 5.74) is 2.14. The largest absolute Gasteiger partial charge is 0.496 e. The second kappa shape index (κ2) is 14.2. The lowest BCUT2D eigenvalue weighted by molar-refractivity contribution is -0.145. The average molecular weight is 584 g/mol. The maximum atomic E-state index is 13.7. The van der Waals surface area contributed by atoms with Gasteiger partial charge >= 0.3 is 12.1 Å². The Morgan fingerprint density at radius 3 is 2.19 bits per heavy atom. The molecule has 1 heterocycles. The number of alkyl carbamates (subject to hydrolysis) is 1. The third-order valence-corrected chi connectivity index (χ3v) is 6.77. The number of hydrogen-bond donors (Lipinski definition) is 3. The first kappa shape index (κ1) is 32.4. The number of benzene rings is 2. The Kier molecular flexibility index (Phi) is 10.9. The first-order chi connectivity index (χ1) is 19.9. The molecule has 0 spiro atoms. The van der Waals surface area contributed by atoms with Gasteiger partial charge in [-0.2, -0.15) is 0 Å². The molecule has 2 amide bonds. The molecule has 1 aliphatic heterocycles. The monoisotopic (exact) mass is 583 g/mol. The average Bonchev–Trinajstić information content (AvgIpc) is 2.94. The van der Waals surface area contributed by atoms with Gasteiger partial charge in [0.05, 0.1) is 27.4 Å². The van der Waals surface area contributed by atoms with Gasteiger partial charge in [-0.25, -0.2) is 9.59 Å². The van der Waals surface area contributed by atoms with Gasteiger partial charge in [0.1, 0.15) is 23.1 Å². The molecule has 42 heavy (non-hydrogen) atoms. The highest BCUT2D eigenvalue weighted by molar-refractivity contribution is 5.92. The van der Waals surface area contributed by atoms with Crippen molar-refractivity contribution >= 4 is 23.8 Å². The van der Waals surface area contributed by atoms with Crippen LogP contribution in [0.25, 0.3) is 11.1 Å². The fourth-order valence-electron chi connectivity index (χ4n) is 4.72. The summed E-state index contributed by atoms with van der Waals surface area (Å²) in [4.78, 5) is 51.5. The molecule has 0 fully saturated rings. The third kappa shape index (κ3) is 8.45. The molecule has 2 aromatic rings. The Morgan fingerprint density at radius 1 is 0.929 bits per heavy atom. The number of carbonyl (C=O) groups excluding carboxylic acids is 4. The molecule has 3 rings (SSSR count). The van der Waals surface area contributed by atoms with Crippen molar-refractivity contribution in [1.29, 1.82) is 0 Å². The Hall–Kier alpha value is -4.12. The standard InChI is InChI=1S/C31H41N3O8/c1-18-14-24(35)27(32-12-13-33-30(38)42-31(2,3)4)20-9-11-26(40-6)22(17-20)21-15-19(8-10-25(21)39-5)16-23(29(37)41-7)34-28(18)36/h8-11,15,17-18,23,27,32H,12-14,16H2,1-7H3,(H,33,38)(H,34,36)/t18-,23+,27+/m1/s1. The minimum absolute atomic E-state index is 0.0904. The van der Waals surface area contributed by atoms with Gasteiger partial charge in [-0.1, -0.05) is 19.1 Å². The van der Waals surface area contributed by atoms with Crippen molar-refractivity contribution in [1.82, 2.24) is 16.0 Å². The second-order valence-electron chi connectivity index (χ2n) is 11.2. The van der Waals surface area contributed by atoms with E-state index >= 15 is 0 Å². The molecular weight excluding hydrogens is 542 g/mol. The molecule has 3 atom stereocenters. The molecule has 0 saturated carbocycles. The van der Waals surface area contributed by atoms with Crippen LogP contribution in [-0.2, 0) is 30.3 Å². The van der Waals surface area contributed by atoms with E-state index in [1.807, 2.05) is 18.2 Å². The Labute approximate surface area is 246 Å². The van der Waals surface area contributed by atoms with Gasteiger partial charge in [0, 0.05) is 43.0 Å². The first-order valence-corrected chi connectivity index (χ1v) is 13.8. The van der Waals surface area contributed by atoms with Crippen LogP contribution < -0.4 is 25.4 Å². The van der Waals surface area contributed by atoms with Crippen LogP contribution in [0, 0.1) is 5.92 Å². The summed E-state index contributed by atoms with van der Waals surface area (Å²) < 4.78 is 21.6. The van der Waals surface area contributed by atoms with Crippen molar-refractivity contribution in [2.45, 2.75) is 58.2 Å². The number of hydrogen-bond acceptors (Lipinski definition) is 9. The zero-order valence-corrected chi connectivity index (χ0v) is 25.3. The van der Waals surface area contributed by atoms with E-state index in [1.165, 1.54) is 7.11 Å². The van der Waals surface area contributed by atoms with E-state index in [9.17, 15) is 19.2 Å².